The fraction of sp³-hybridized carbons (Fsp3) is 0.909. The number of methoxy groups -OCH3 is 1. The summed E-state index contributed by atoms with van der Waals surface area (Å²) in [6.07, 6.45) is 1.03. The van der Waals surface area contributed by atoms with Crippen molar-refractivity contribution in [1.29, 1.82) is 5.26 Å². The predicted octanol–water partition coefficient (Wildman–Crippen LogP) is 1.75. The van der Waals surface area contributed by atoms with Gasteiger partial charge in [-0.2, -0.15) is 5.26 Å². The molecule has 0 spiro atoms. The Hall–Kier alpha value is -0.590. The zero-order chi connectivity index (χ0) is 10.8. The molecule has 1 N–H and O–H groups in total. The SMILES string of the molecule is COC1NCC(C#N)CC1C(C)(C)C. The maximum atomic E-state index is 8.90. The van der Waals surface area contributed by atoms with E-state index >= 15 is 0 Å². The molecule has 3 unspecified atom stereocenters. The van der Waals surface area contributed by atoms with Crippen LogP contribution in [-0.4, -0.2) is 19.9 Å². The smallest absolute Gasteiger partial charge is 0.111 e. The second-order valence-electron chi connectivity index (χ2n) is 5.10. The van der Waals surface area contributed by atoms with Gasteiger partial charge in [-0.15, -0.1) is 0 Å². The lowest BCUT2D eigenvalue weighted by Gasteiger charge is -2.41. The third kappa shape index (κ3) is 2.46. The topological polar surface area (TPSA) is 45.0 Å². The van der Waals surface area contributed by atoms with Crippen molar-refractivity contribution in [2.45, 2.75) is 33.4 Å². The summed E-state index contributed by atoms with van der Waals surface area (Å²) in [4.78, 5) is 0. The molecule has 1 heterocycles. The first-order valence-corrected chi connectivity index (χ1v) is 5.15. The van der Waals surface area contributed by atoms with Gasteiger partial charge in [-0.3, -0.25) is 5.32 Å². The lowest BCUT2D eigenvalue weighted by atomic mass is 9.73. The Labute approximate surface area is 86.4 Å². The van der Waals surface area contributed by atoms with Crippen LogP contribution in [0.5, 0.6) is 0 Å². The number of nitriles is 1. The molecule has 0 saturated carbocycles. The van der Waals surface area contributed by atoms with E-state index in [0.29, 0.717) is 5.92 Å². The molecule has 0 aliphatic carbocycles. The summed E-state index contributed by atoms with van der Waals surface area (Å²) in [5.41, 5.74) is 0.184. The highest BCUT2D eigenvalue weighted by Gasteiger charge is 2.37. The van der Waals surface area contributed by atoms with Crippen LogP contribution < -0.4 is 5.32 Å². The molecule has 0 aromatic heterocycles. The molecule has 0 aromatic rings. The molecule has 1 rings (SSSR count). The quantitative estimate of drug-likeness (QED) is 0.695. The first-order chi connectivity index (χ1) is 6.49. The summed E-state index contributed by atoms with van der Waals surface area (Å²) in [7, 11) is 1.73. The van der Waals surface area contributed by atoms with E-state index in [0.717, 1.165) is 13.0 Å². The third-order valence-corrected chi connectivity index (χ3v) is 3.02. The molecular formula is C11H20N2O. The Bertz CT molecular complexity index is 226. The van der Waals surface area contributed by atoms with Gasteiger partial charge >= 0.3 is 0 Å². The monoisotopic (exact) mass is 196 g/mol. The van der Waals surface area contributed by atoms with Gasteiger partial charge in [0.15, 0.2) is 0 Å². The number of nitrogens with zero attached hydrogens (tertiary/aromatic N) is 1. The maximum absolute atomic E-state index is 8.90. The molecule has 80 valence electrons. The van der Waals surface area contributed by atoms with Gasteiger partial charge in [0.25, 0.3) is 0 Å². The van der Waals surface area contributed by atoms with E-state index in [2.05, 4.69) is 32.2 Å². The molecule has 3 heteroatoms. The summed E-state index contributed by atoms with van der Waals surface area (Å²) in [6.45, 7) is 7.35. The van der Waals surface area contributed by atoms with Crippen molar-refractivity contribution >= 4 is 0 Å². The van der Waals surface area contributed by atoms with Crippen molar-refractivity contribution in [3.05, 3.63) is 0 Å². The Kier molecular flexibility index (Phi) is 3.52. The number of rotatable bonds is 1. The Morgan fingerprint density at radius 1 is 1.43 bits per heavy atom. The zero-order valence-corrected chi connectivity index (χ0v) is 9.50. The lowest BCUT2D eigenvalue weighted by molar-refractivity contribution is -0.0444. The van der Waals surface area contributed by atoms with E-state index in [-0.39, 0.29) is 17.6 Å². The Morgan fingerprint density at radius 3 is 2.50 bits per heavy atom. The average molecular weight is 196 g/mol. The molecule has 1 fully saturated rings. The summed E-state index contributed by atoms with van der Waals surface area (Å²) in [5.74, 6) is 0.538. The van der Waals surface area contributed by atoms with E-state index < -0.39 is 0 Å². The van der Waals surface area contributed by atoms with Crippen molar-refractivity contribution < 1.29 is 4.74 Å². The molecule has 1 aliphatic heterocycles. The molecule has 0 radical (unpaired) electrons. The van der Waals surface area contributed by atoms with E-state index in [9.17, 15) is 0 Å². The van der Waals surface area contributed by atoms with Crippen molar-refractivity contribution in [1.82, 2.24) is 5.32 Å². The first kappa shape index (κ1) is 11.5. The molecule has 0 amide bonds. The van der Waals surface area contributed by atoms with Crippen LogP contribution in [0.25, 0.3) is 0 Å². The van der Waals surface area contributed by atoms with Crippen LogP contribution in [0.1, 0.15) is 27.2 Å². The minimum absolute atomic E-state index is 0.0969. The molecule has 3 nitrogen and oxygen atoms in total. The minimum atomic E-state index is 0.0969. The van der Waals surface area contributed by atoms with Crippen LogP contribution in [0.15, 0.2) is 0 Å². The fourth-order valence-electron chi connectivity index (χ4n) is 2.07. The van der Waals surface area contributed by atoms with E-state index in [4.69, 9.17) is 10.00 Å². The highest BCUT2D eigenvalue weighted by atomic mass is 16.5. The molecule has 1 aliphatic rings. The summed E-state index contributed by atoms with van der Waals surface area (Å²) >= 11 is 0. The Balaban J connectivity index is 2.71. The van der Waals surface area contributed by atoms with Gasteiger partial charge < -0.3 is 4.74 Å². The van der Waals surface area contributed by atoms with Crippen LogP contribution in [-0.2, 0) is 4.74 Å². The van der Waals surface area contributed by atoms with Gasteiger partial charge in [0.05, 0.1) is 12.0 Å². The average Bonchev–Trinajstić information content (AvgIpc) is 2.15. The molecular weight excluding hydrogens is 176 g/mol. The molecule has 0 aromatic carbocycles. The standard InChI is InChI=1S/C11H20N2O/c1-11(2,3)9-5-8(6-12)7-13-10(9)14-4/h8-10,13H,5,7H2,1-4H3. The van der Waals surface area contributed by atoms with Gasteiger partial charge in [-0.25, -0.2) is 0 Å². The number of hydrogen-bond acceptors (Lipinski definition) is 3. The molecule has 0 bridgehead atoms. The zero-order valence-electron chi connectivity index (χ0n) is 9.50. The first-order valence-electron chi connectivity index (χ1n) is 5.15. The van der Waals surface area contributed by atoms with Crippen molar-refractivity contribution in [3.8, 4) is 6.07 Å². The van der Waals surface area contributed by atoms with Crippen LogP contribution in [0.3, 0.4) is 0 Å². The van der Waals surface area contributed by atoms with Crippen molar-refractivity contribution in [3.63, 3.8) is 0 Å². The van der Waals surface area contributed by atoms with Crippen LogP contribution in [0.4, 0.5) is 0 Å². The normalized spacial score (nSPS) is 33.8. The Morgan fingerprint density at radius 2 is 2.07 bits per heavy atom. The second-order valence-corrected chi connectivity index (χ2v) is 5.10. The maximum Gasteiger partial charge on any atom is 0.111 e. The summed E-state index contributed by atoms with van der Waals surface area (Å²) < 4.78 is 5.40. The van der Waals surface area contributed by atoms with Crippen molar-refractivity contribution in [2.75, 3.05) is 13.7 Å². The fourth-order valence-corrected chi connectivity index (χ4v) is 2.07. The van der Waals surface area contributed by atoms with E-state index in [1.54, 1.807) is 7.11 Å². The minimum Gasteiger partial charge on any atom is -0.366 e. The summed E-state index contributed by atoms with van der Waals surface area (Å²) in [6, 6.07) is 2.33. The van der Waals surface area contributed by atoms with E-state index in [1.807, 2.05) is 0 Å². The van der Waals surface area contributed by atoms with Crippen LogP contribution >= 0.6 is 0 Å². The number of piperidine rings is 1. The van der Waals surface area contributed by atoms with Gasteiger partial charge in [0.2, 0.25) is 0 Å². The number of nitrogens with one attached hydrogen (secondary N) is 1. The highest BCUT2D eigenvalue weighted by molar-refractivity contribution is 4.95. The van der Waals surface area contributed by atoms with Crippen molar-refractivity contribution in [2.24, 2.45) is 17.3 Å². The summed E-state index contributed by atoms with van der Waals surface area (Å²) in [5, 5.41) is 12.2. The van der Waals surface area contributed by atoms with Crippen LogP contribution in [0, 0.1) is 28.6 Å². The van der Waals surface area contributed by atoms with E-state index in [1.165, 1.54) is 0 Å². The second kappa shape index (κ2) is 4.29. The van der Waals surface area contributed by atoms with Gasteiger partial charge in [0, 0.05) is 19.6 Å². The number of hydrogen-bond donors (Lipinski definition) is 1. The molecule has 1 saturated heterocycles. The lowest BCUT2D eigenvalue weighted by Crippen LogP contribution is -2.50. The molecule has 3 atom stereocenters. The molecule has 14 heavy (non-hydrogen) atoms. The van der Waals surface area contributed by atoms with Gasteiger partial charge in [-0.05, 0) is 11.8 Å². The number of ether oxygens (including phenoxy) is 1. The predicted molar refractivity (Wildman–Crippen MR) is 55.5 cm³/mol. The van der Waals surface area contributed by atoms with Gasteiger partial charge in [-0.1, -0.05) is 20.8 Å². The third-order valence-electron chi connectivity index (χ3n) is 3.02. The van der Waals surface area contributed by atoms with Gasteiger partial charge in [0.1, 0.15) is 6.23 Å². The van der Waals surface area contributed by atoms with Crippen LogP contribution in [0.2, 0.25) is 0 Å². The highest BCUT2D eigenvalue weighted by Crippen LogP contribution is 2.36. The largest absolute Gasteiger partial charge is 0.366 e.